The van der Waals surface area contributed by atoms with E-state index < -0.39 is 6.04 Å². The van der Waals surface area contributed by atoms with E-state index in [1.54, 1.807) is 35.0 Å². The molecule has 29 heavy (non-hydrogen) atoms. The summed E-state index contributed by atoms with van der Waals surface area (Å²) in [6, 6.07) is 17.3. The van der Waals surface area contributed by atoms with Gasteiger partial charge in [-0.2, -0.15) is 5.10 Å². The van der Waals surface area contributed by atoms with Gasteiger partial charge in [0.25, 0.3) is 0 Å². The number of anilines is 3. The van der Waals surface area contributed by atoms with Crippen LogP contribution >= 0.6 is 0 Å². The third-order valence-electron chi connectivity index (χ3n) is 4.52. The first kappa shape index (κ1) is 18.4. The number of rotatable bonds is 4. The Bertz CT molecular complexity index is 1070. The van der Waals surface area contributed by atoms with Crippen LogP contribution in [0.15, 0.2) is 60.7 Å². The summed E-state index contributed by atoms with van der Waals surface area (Å²) in [4.78, 5) is 36.1. The summed E-state index contributed by atoms with van der Waals surface area (Å²) < 4.78 is 1.55. The first-order valence-electron chi connectivity index (χ1n) is 9.13. The summed E-state index contributed by atoms with van der Waals surface area (Å²) in [6.07, 6.45) is -0.00127. The maximum absolute atomic E-state index is 12.9. The summed E-state index contributed by atoms with van der Waals surface area (Å²) in [7, 11) is 0. The van der Waals surface area contributed by atoms with Crippen molar-refractivity contribution in [1.82, 2.24) is 9.78 Å². The van der Waals surface area contributed by atoms with Crippen molar-refractivity contribution in [2.24, 2.45) is 0 Å². The van der Waals surface area contributed by atoms with Gasteiger partial charge in [0, 0.05) is 29.9 Å². The Hall–Kier alpha value is -3.94. The second-order valence-electron chi connectivity index (χ2n) is 6.74. The number of benzene rings is 2. The minimum absolute atomic E-state index is 0.00127. The first-order valence-corrected chi connectivity index (χ1v) is 9.13. The van der Waals surface area contributed by atoms with Gasteiger partial charge in [0.05, 0.1) is 12.1 Å². The predicted octanol–water partition coefficient (Wildman–Crippen LogP) is 3.03. The minimum atomic E-state index is -0.758. The largest absolute Gasteiger partial charge is 0.326 e. The molecule has 1 aliphatic heterocycles. The average Bonchev–Trinajstić information content (AvgIpc) is 3.13. The van der Waals surface area contributed by atoms with Crippen molar-refractivity contribution in [1.29, 1.82) is 0 Å². The summed E-state index contributed by atoms with van der Waals surface area (Å²) in [5, 5.41) is 12.8. The standard InChI is InChI=1S/C21H19N5O3/c1-13(27)22-15-7-9-16(10-8-15)23-21(29)18-12-20(28)24-19-11-17(25-26(18)19)14-5-3-2-4-6-14/h2-11,18H,12H2,1H3,(H,22,27)(H,23,29)(H,24,28)/t18-/m0/s1. The predicted molar refractivity (Wildman–Crippen MR) is 109 cm³/mol. The molecule has 3 amide bonds. The molecule has 0 saturated heterocycles. The second kappa shape index (κ2) is 7.59. The Morgan fingerprint density at radius 2 is 1.69 bits per heavy atom. The van der Waals surface area contributed by atoms with Crippen molar-refractivity contribution in [3.05, 3.63) is 60.7 Å². The highest BCUT2D eigenvalue weighted by Gasteiger charge is 2.32. The summed E-state index contributed by atoms with van der Waals surface area (Å²) in [5.41, 5.74) is 2.78. The number of carbonyl (C=O) groups excluding carboxylic acids is 3. The lowest BCUT2D eigenvalue weighted by atomic mass is 10.1. The molecule has 3 aromatic rings. The fraction of sp³-hybridized carbons (Fsp3) is 0.143. The van der Waals surface area contributed by atoms with Crippen molar-refractivity contribution >= 4 is 34.9 Å². The van der Waals surface area contributed by atoms with Crippen molar-refractivity contribution in [2.75, 3.05) is 16.0 Å². The van der Waals surface area contributed by atoms with Crippen LogP contribution in [0.2, 0.25) is 0 Å². The van der Waals surface area contributed by atoms with E-state index >= 15 is 0 Å². The van der Waals surface area contributed by atoms with Crippen molar-refractivity contribution in [2.45, 2.75) is 19.4 Å². The van der Waals surface area contributed by atoms with Crippen molar-refractivity contribution in [3.63, 3.8) is 0 Å². The second-order valence-corrected chi connectivity index (χ2v) is 6.74. The lowest BCUT2D eigenvalue weighted by Gasteiger charge is -2.23. The Morgan fingerprint density at radius 1 is 1.03 bits per heavy atom. The Kier molecular flexibility index (Phi) is 4.82. The molecular formula is C21H19N5O3. The molecule has 0 spiro atoms. The van der Waals surface area contributed by atoms with Crippen LogP contribution in [-0.2, 0) is 14.4 Å². The molecule has 1 aromatic heterocycles. The van der Waals surface area contributed by atoms with E-state index in [9.17, 15) is 14.4 Å². The van der Waals surface area contributed by atoms with Gasteiger partial charge in [-0.15, -0.1) is 0 Å². The zero-order valence-corrected chi connectivity index (χ0v) is 15.7. The number of nitrogens with zero attached hydrogens (tertiary/aromatic N) is 2. The number of amides is 3. The van der Waals surface area contributed by atoms with E-state index in [0.717, 1.165) is 5.56 Å². The monoisotopic (exact) mass is 389 g/mol. The fourth-order valence-corrected chi connectivity index (χ4v) is 3.20. The molecule has 0 fully saturated rings. The zero-order valence-electron chi connectivity index (χ0n) is 15.7. The number of nitrogens with one attached hydrogen (secondary N) is 3. The van der Waals surface area contributed by atoms with E-state index in [0.29, 0.717) is 22.9 Å². The van der Waals surface area contributed by atoms with Crippen LogP contribution in [0.1, 0.15) is 19.4 Å². The smallest absolute Gasteiger partial charge is 0.249 e. The molecule has 2 heterocycles. The van der Waals surface area contributed by atoms with Crippen LogP contribution in [0.4, 0.5) is 17.2 Å². The van der Waals surface area contributed by atoms with Crippen LogP contribution in [0.25, 0.3) is 11.3 Å². The first-order chi connectivity index (χ1) is 14.0. The van der Waals surface area contributed by atoms with Crippen LogP contribution in [0.5, 0.6) is 0 Å². The normalized spacial score (nSPS) is 15.2. The highest BCUT2D eigenvalue weighted by molar-refractivity contribution is 6.01. The van der Waals surface area contributed by atoms with Gasteiger partial charge in [0.2, 0.25) is 17.7 Å². The van der Waals surface area contributed by atoms with Gasteiger partial charge in [-0.1, -0.05) is 30.3 Å². The zero-order chi connectivity index (χ0) is 20.4. The van der Waals surface area contributed by atoms with E-state index in [4.69, 9.17) is 0 Å². The number of carbonyl (C=O) groups is 3. The SMILES string of the molecule is CC(=O)Nc1ccc(NC(=O)[C@@H]2CC(=O)Nc3cc(-c4ccccc4)nn32)cc1. The number of hydrogen-bond donors (Lipinski definition) is 3. The van der Waals surface area contributed by atoms with Crippen LogP contribution in [0.3, 0.4) is 0 Å². The van der Waals surface area contributed by atoms with Gasteiger partial charge in [-0.25, -0.2) is 4.68 Å². The quantitative estimate of drug-likeness (QED) is 0.638. The molecule has 2 aromatic carbocycles. The van der Waals surface area contributed by atoms with Gasteiger partial charge in [-0.05, 0) is 24.3 Å². The molecule has 0 radical (unpaired) electrons. The van der Waals surface area contributed by atoms with E-state index in [2.05, 4.69) is 21.0 Å². The molecule has 1 aliphatic rings. The number of fused-ring (bicyclic) bond motifs is 1. The van der Waals surface area contributed by atoms with Gasteiger partial charge < -0.3 is 16.0 Å². The number of aromatic nitrogens is 2. The molecule has 0 saturated carbocycles. The highest BCUT2D eigenvalue weighted by Crippen LogP contribution is 2.30. The highest BCUT2D eigenvalue weighted by atomic mass is 16.2. The average molecular weight is 389 g/mol. The van der Waals surface area contributed by atoms with Crippen LogP contribution in [0, 0.1) is 0 Å². The van der Waals surface area contributed by atoms with Crippen molar-refractivity contribution in [3.8, 4) is 11.3 Å². The summed E-state index contributed by atoms with van der Waals surface area (Å²) in [6.45, 7) is 1.43. The third kappa shape index (κ3) is 4.01. The molecular weight excluding hydrogens is 370 g/mol. The Morgan fingerprint density at radius 3 is 2.34 bits per heavy atom. The van der Waals surface area contributed by atoms with Gasteiger partial charge in [-0.3, -0.25) is 14.4 Å². The number of hydrogen-bond acceptors (Lipinski definition) is 4. The van der Waals surface area contributed by atoms with Crippen LogP contribution < -0.4 is 16.0 Å². The van der Waals surface area contributed by atoms with Crippen molar-refractivity contribution < 1.29 is 14.4 Å². The van der Waals surface area contributed by atoms with Crippen LogP contribution in [-0.4, -0.2) is 27.5 Å². The van der Waals surface area contributed by atoms with Gasteiger partial charge in [0.1, 0.15) is 11.9 Å². The van der Waals surface area contributed by atoms with E-state index in [-0.39, 0.29) is 24.1 Å². The molecule has 8 heteroatoms. The molecule has 146 valence electrons. The molecule has 0 bridgehead atoms. The summed E-state index contributed by atoms with van der Waals surface area (Å²) >= 11 is 0. The van der Waals surface area contributed by atoms with E-state index in [1.807, 2.05) is 30.3 Å². The Balaban J connectivity index is 1.56. The lowest BCUT2D eigenvalue weighted by Crippen LogP contribution is -2.35. The molecule has 0 unspecified atom stereocenters. The molecule has 1 atom stereocenters. The van der Waals surface area contributed by atoms with E-state index in [1.165, 1.54) is 6.92 Å². The minimum Gasteiger partial charge on any atom is -0.326 e. The maximum Gasteiger partial charge on any atom is 0.249 e. The lowest BCUT2D eigenvalue weighted by molar-refractivity contribution is -0.125. The van der Waals surface area contributed by atoms with Gasteiger partial charge >= 0.3 is 0 Å². The maximum atomic E-state index is 12.9. The molecule has 0 aliphatic carbocycles. The third-order valence-corrected chi connectivity index (χ3v) is 4.52. The summed E-state index contributed by atoms with van der Waals surface area (Å²) in [5.74, 6) is -0.258. The molecule has 3 N–H and O–H groups in total. The fourth-order valence-electron chi connectivity index (χ4n) is 3.20. The topological polar surface area (TPSA) is 105 Å². The van der Waals surface area contributed by atoms with Gasteiger partial charge in [0.15, 0.2) is 0 Å². The molecule has 4 rings (SSSR count). The Labute approximate surface area is 166 Å². The molecule has 8 nitrogen and oxygen atoms in total.